The molecular formula is C18H19N3O2. The number of likely N-dealkylation sites (tertiary alicyclic amines) is 1. The number of anilines is 1. The molecule has 1 N–H and O–H groups in total. The molecule has 0 saturated carbocycles. The van der Waals surface area contributed by atoms with Gasteiger partial charge in [0.2, 0.25) is 5.91 Å². The molecule has 0 aliphatic carbocycles. The van der Waals surface area contributed by atoms with Gasteiger partial charge in [-0.2, -0.15) is 0 Å². The summed E-state index contributed by atoms with van der Waals surface area (Å²) in [7, 11) is 0. The minimum atomic E-state index is -0.434. The van der Waals surface area contributed by atoms with Gasteiger partial charge in [0, 0.05) is 18.3 Å². The molecule has 1 saturated heterocycles. The van der Waals surface area contributed by atoms with Crippen LogP contribution in [0.1, 0.15) is 29.6 Å². The van der Waals surface area contributed by atoms with Gasteiger partial charge < -0.3 is 10.2 Å². The highest BCUT2D eigenvalue weighted by Gasteiger charge is 2.32. The number of nitrogens with one attached hydrogen (secondary N) is 1. The van der Waals surface area contributed by atoms with Crippen molar-refractivity contribution in [3.05, 3.63) is 60.4 Å². The summed E-state index contributed by atoms with van der Waals surface area (Å²) in [4.78, 5) is 31.0. The molecule has 5 heteroatoms. The zero-order valence-corrected chi connectivity index (χ0v) is 12.8. The first-order valence-electron chi connectivity index (χ1n) is 7.82. The Morgan fingerprint density at radius 1 is 1.09 bits per heavy atom. The van der Waals surface area contributed by atoms with Crippen molar-refractivity contribution in [2.75, 3.05) is 11.9 Å². The zero-order chi connectivity index (χ0) is 16.1. The number of piperidine rings is 1. The number of carbonyl (C=O) groups excluding carboxylic acids is 2. The summed E-state index contributed by atoms with van der Waals surface area (Å²) in [6, 6.07) is 12.2. The molecule has 118 valence electrons. The van der Waals surface area contributed by atoms with Crippen molar-refractivity contribution in [3.8, 4) is 0 Å². The first-order chi connectivity index (χ1) is 11.3. The molecule has 23 heavy (non-hydrogen) atoms. The fourth-order valence-corrected chi connectivity index (χ4v) is 2.86. The number of hydrogen-bond donors (Lipinski definition) is 1. The predicted octanol–water partition coefficient (Wildman–Crippen LogP) is 2.72. The largest absolute Gasteiger partial charge is 0.327 e. The van der Waals surface area contributed by atoms with E-state index in [1.165, 1.54) is 0 Å². The van der Waals surface area contributed by atoms with Gasteiger partial charge in [-0.25, -0.2) is 0 Å². The molecule has 1 fully saturated rings. The van der Waals surface area contributed by atoms with Gasteiger partial charge in [-0.1, -0.05) is 18.2 Å². The minimum Gasteiger partial charge on any atom is -0.327 e. The second kappa shape index (κ2) is 7.05. The monoisotopic (exact) mass is 309 g/mol. The zero-order valence-electron chi connectivity index (χ0n) is 12.8. The van der Waals surface area contributed by atoms with Crippen LogP contribution in [0, 0.1) is 0 Å². The Bertz CT molecular complexity index is 673. The number of nitrogens with zero attached hydrogens (tertiary/aromatic N) is 2. The number of benzene rings is 1. The molecule has 5 nitrogen and oxygen atoms in total. The molecule has 1 aliphatic rings. The molecule has 2 amide bonds. The maximum Gasteiger partial charge on any atom is 0.254 e. The van der Waals surface area contributed by atoms with Gasteiger partial charge in [-0.15, -0.1) is 0 Å². The topological polar surface area (TPSA) is 62.3 Å². The van der Waals surface area contributed by atoms with E-state index in [-0.39, 0.29) is 11.8 Å². The summed E-state index contributed by atoms with van der Waals surface area (Å²) < 4.78 is 0. The van der Waals surface area contributed by atoms with Crippen LogP contribution in [-0.2, 0) is 4.79 Å². The Morgan fingerprint density at radius 2 is 1.91 bits per heavy atom. The van der Waals surface area contributed by atoms with Gasteiger partial charge in [0.15, 0.2) is 0 Å². The van der Waals surface area contributed by atoms with E-state index in [4.69, 9.17) is 0 Å². The normalized spacial score (nSPS) is 17.6. The van der Waals surface area contributed by atoms with Crippen molar-refractivity contribution in [3.63, 3.8) is 0 Å². The highest BCUT2D eigenvalue weighted by Crippen LogP contribution is 2.21. The van der Waals surface area contributed by atoms with Crippen molar-refractivity contribution in [2.45, 2.75) is 25.3 Å². The van der Waals surface area contributed by atoms with Crippen molar-refractivity contribution in [1.29, 1.82) is 0 Å². The quantitative estimate of drug-likeness (QED) is 0.948. The smallest absolute Gasteiger partial charge is 0.254 e. The van der Waals surface area contributed by atoms with Crippen LogP contribution in [0.5, 0.6) is 0 Å². The molecule has 1 aromatic heterocycles. The molecule has 1 aliphatic heterocycles. The summed E-state index contributed by atoms with van der Waals surface area (Å²) in [6.07, 6.45) is 5.81. The SMILES string of the molecule is O=C(Nc1cccnc1)[C@H]1CCCCN1C(=O)c1ccccc1. The molecule has 1 aromatic carbocycles. The lowest BCUT2D eigenvalue weighted by Crippen LogP contribution is -2.50. The van der Waals surface area contributed by atoms with Crippen molar-refractivity contribution in [2.24, 2.45) is 0 Å². The van der Waals surface area contributed by atoms with Crippen LogP contribution in [0.2, 0.25) is 0 Å². The van der Waals surface area contributed by atoms with E-state index in [1.54, 1.807) is 41.6 Å². The lowest BCUT2D eigenvalue weighted by molar-refractivity contribution is -0.121. The molecule has 2 aromatic rings. The molecular weight excluding hydrogens is 290 g/mol. The van der Waals surface area contributed by atoms with Gasteiger partial charge in [-0.05, 0) is 43.5 Å². The number of amides is 2. The number of pyridine rings is 1. The molecule has 0 bridgehead atoms. The van der Waals surface area contributed by atoms with Gasteiger partial charge in [0.25, 0.3) is 5.91 Å². The molecule has 2 heterocycles. The highest BCUT2D eigenvalue weighted by molar-refractivity contribution is 6.01. The van der Waals surface area contributed by atoms with Gasteiger partial charge >= 0.3 is 0 Å². The Morgan fingerprint density at radius 3 is 2.65 bits per heavy atom. The van der Waals surface area contributed by atoms with Gasteiger partial charge in [0.1, 0.15) is 6.04 Å². The van der Waals surface area contributed by atoms with Gasteiger partial charge in [-0.3, -0.25) is 14.6 Å². The van der Waals surface area contributed by atoms with Crippen LogP contribution in [0.25, 0.3) is 0 Å². The van der Waals surface area contributed by atoms with E-state index in [1.807, 2.05) is 18.2 Å². The summed E-state index contributed by atoms with van der Waals surface area (Å²) >= 11 is 0. The van der Waals surface area contributed by atoms with Crippen LogP contribution in [-0.4, -0.2) is 34.3 Å². The number of aromatic nitrogens is 1. The Hall–Kier alpha value is -2.69. The van der Waals surface area contributed by atoms with Crippen LogP contribution in [0.3, 0.4) is 0 Å². The van der Waals surface area contributed by atoms with Crippen molar-refractivity contribution >= 4 is 17.5 Å². The average molecular weight is 309 g/mol. The standard InChI is InChI=1S/C18H19N3O2/c22-17(20-15-9-6-11-19-13-15)16-10-4-5-12-21(16)18(23)14-7-2-1-3-8-14/h1-3,6-9,11,13,16H,4-5,10,12H2,(H,20,22)/t16-/m1/s1. The third kappa shape index (κ3) is 3.56. The van der Waals surface area contributed by atoms with E-state index in [0.717, 1.165) is 12.8 Å². The van der Waals surface area contributed by atoms with Crippen LogP contribution < -0.4 is 5.32 Å². The Balaban J connectivity index is 1.76. The average Bonchev–Trinajstić information content (AvgIpc) is 2.62. The van der Waals surface area contributed by atoms with E-state index in [9.17, 15) is 9.59 Å². The maximum absolute atomic E-state index is 12.7. The first-order valence-corrected chi connectivity index (χ1v) is 7.82. The van der Waals surface area contributed by atoms with Crippen LogP contribution in [0.4, 0.5) is 5.69 Å². The molecule has 0 radical (unpaired) electrons. The van der Waals surface area contributed by atoms with Crippen LogP contribution in [0.15, 0.2) is 54.9 Å². The van der Waals surface area contributed by atoms with Gasteiger partial charge in [0.05, 0.1) is 11.9 Å². The van der Waals surface area contributed by atoms with E-state index < -0.39 is 6.04 Å². The third-order valence-corrected chi connectivity index (χ3v) is 4.02. The first kappa shape index (κ1) is 15.2. The van der Waals surface area contributed by atoms with Crippen molar-refractivity contribution in [1.82, 2.24) is 9.88 Å². The van der Waals surface area contributed by atoms with E-state index in [0.29, 0.717) is 24.2 Å². The fraction of sp³-hybridized carbons (Fsp3) is 0.278. The minimum absolute atomic E-state index is 0.0864. The summed E-state index contributed by atoms with van der Waals surface area (Å²) in [5.74, 6) is -0.237. The van der Waals surface area contributed by atoms with Crippen LogP contribution >= 0.6 is 0 Å². The Kier molecular flexibility index (Phi) is 4.66. The van der Waals surface area contributed by atoms with E-state index >= 15 is 0 Å². The second-order valence-electron chi connectivity index (χ2n) is 5.61. The van der Waals surface area contributed by atoms with E-state index in [2.05, 4.69) is 10.3 Å². The lowest BCUT2D eigenvalue weighted by Gasteiger charge is -2.34. The summed E-state index contributed by atoms with van der Waals surface area (Å²) in [6.45, 7) is 0.610. The Labute approximate surface area is 135 Å². The molecule has 3 rings (SSSR count). The number of rotatable bonds is 3. The second-order valence-corrected chi connectivity index (χ2v) is 5.61. The lowest BCUT2D eigenvalue weighted by atomic mass is 10.00. The third-order valence-electron chi connectivity index (χ3n) is 4.02. The highest BCUT2D eigenvalue weighted by atomic mass is 16.2. The number of hydrogen-bond acceptors (Lipinski definition) is 3. The molecule has 1 atom stereocenters. The fourth-order valence-electron chi connectivity index (χ4n) is 2.86. The summed E-state index contributed by atoms with van der Waals surface area (Å²) in [5.41, 5.74) is 1.27. The maximum atomic E-state index is 12.7. The predicted molar refractivity (Wildman–Crippen MR) is 88.0 cm³/mol. The van der Waals surface area contributed by atoms with Crippen molar-refractivity contribution < 1.29 is 9.59 Å². The molecule has 0 unspecified atom stereocenters. The summed E-state index contributed by atoms with van der Waals surface area (Å²) in [5, 5.41) is 2.85. The molecule has 0 spiro atoms. The number of carbonyl (C=O) groups is 2.